The summed E-state index contributed by atoms with van der Waals surface area (Å²) in [4.78, 5) is 33.9. The van der Waals surface area contributed by atoms with Gasteiger partial charge < -0.3 is 24.6 Å². The molecule has 1 saturated heterocycles. The maximum absolute atomic E-state index is 13.8. The molecule has 0 bridgehead atoms. The van der Waals surface area contributed by atoms with Crippen LogP contribution in [0.3, 0.4) is 0 Å². The SMILES string of the molecule is COc1ccc([C@H]2CN(C(C)=O)CCN2C(=O)c2cccnc2Nc2cccc(OC)c2)cc1. The summed E-state index contributed by atoms with van der Waals surface area (Å²) in [6.45, 7) is 2.88. The smallest absolute Gasteiger partial charge is 0.258 e. The van der Waals surface area contributed by atoms with Crippen molar-refractivity contribution in [3.63, 3.8) is 0 Å². The van der Waals surface area contributed by atoms with Gasteiger partial charge in [-0.05, 0) is 42.0 Å². The van der Waals surface area contributed by atoms with Gasteiger partial charge in [0.15, 0.2) is 0 Å². The summed E-state index contributed by atoms with van der Waals surface area (Å²) in [6.07, 6.45) is 1.65. The van der Waals surface area contributed by atoms with Gasteiger partial charge >= 0.3 is 0 Å². The van der Waals surface area contributed by atoms with Gasteiger partial charge in [0.05, 0.1) is 25.8 Å². The largest absolute Gasteiger partial charge is 0.497 e. The predicted molar refractivity (Wildman–Crippen MR) is 130 cm³/mol. The molecule has 1 N–H and O–H groups in total. The van der Waals surface area contributed by atoms with Crippen molar-refractivity contribution in [3.05, 3.63) is 78.0 Å². The molecule has 8 heteroatoms. The van der Waals surface area contributed by atoms with E-state index in [1.807, 2.05) is 53.4 Å². The molecule has 176 valence electrons. The number of methoxy groups -OCH3 is 2. The van der Waals surface area contributed by atoms with Gasteiger partial charge in [-0.15, -0.1) is 0 Å². The molecule has 34 heavy (non-hydrogen) atoms. The quantitative estimate of drug-likeness (QED) is 0.601. The van der Waals surface area contributed by atoms with Crippen LogP contribution in [-0.2, 0) is 4.79 Å². The molecule has 1 aliphatic heterocycles. The van der Waals surface area contributed by atoms with E-state index in [9.17, 15) is 9.59 Å². The van der Waals surface area contributed by atoms with E-state index in [0.29, 0.717) is 36.8 Å². The summed E-state index contributed by atoms with van der Waals surface area (Å²) >= 11 is 0. The molecule has 0 radical (unpaired) electrons. The minimum atomic E-state index is -0.291. The van der Waals surface area contributed by atoms with Crippen LogP contribution in [0.2, 0.25) is 0 Å². The highest BCUT2D eigenvalue weighted by atomic mass is 16.5. The molecule has 2 heterocycles. The first kappa shape index (κ1) is 23.1. The molecule has 1 aliphatic rings. The van der Waals surface area contributed by atoms with E-state index >= 15 is 0 Å². The van der Waals surface area contributed by atoms with E-state index in [1.165, 1.54) is 0 Å². The van der Waals surface area contributed by atoms with Gasteiger partial charge in [0.2, 0.25) is 5.91 Å². The number of piperazine rings is 1. The zero-order chi connectivity index (χ0) is 24.1. The third-order valence-electron chi connectivity index (χ3n) is 5.96. The van der Waals surface area contributed by atoms with Gasteiger partial charge in [0.1, 0.15) is 17.3 Å². The number of pyridine rings is 1. The van der Waals surface area contributed by atoms with E-state index < -0.39 is 0 Å². The highest BCUT2D eigenvalue weighted by Gasteiger charge is 2.34. The van der Waals surface area contributed by atoms with E-state index in [4.69, 9.17) is 9.47 Å². The van der Waals surface area contributed by atoms with Crippen molar-refractivity contribution in [2.24, 2.45) is 0 Å². The number of nitrogens with zero attached hydrogens (tertiary/aromatic N) is 3. The molecule has 1 fully saturated rings. The molecular weight excluding hydrogens is 432 g/mol. The van der Waals surface area contributed by atoms with Crippen LogP contribution in [0, 0.1) is 0 Å². The number of carbonyl (C=O) groups excluding carboxylic acids is 2. The Labute approximate surface area is 199 Å². The van der Waals surface area contributed by atoms with Gasteiger partial charge in [-0.2, -0.15) is 0 Å². The first-order valence-corrected chi connectivity index (χ1v) is 11.1. The maximum atomic E-state index is 13.8. The summed E-state index contributed by atoms with van der Waals surface area (Å²) in [5.41, 5.74) is 2.16. The Morgan fingerprint density at radius 3 is 2.44 bits per heavy atom. The number of hydrogen-bond acceptors (Lipinski definition) is 6. The number of ether oxygens (including phenoxy) is 2. The Morgan fingerprint density at radius 2 is 1.74 bits per heavy atom. The Hall–Kier alpha value is -4.07. The lowest BCUT2D eigenvalue weighted by Crippen LogP contribution is -2.52. The van der Waals surface area contributed by atoms with Crippen LogP contribution >= 0.6 is 0 Å². The second-order valence-electron chi connectivity index (χ2n) is 8.01. The highest BCUT2D eigenvalue weighted by molar-refractivity contribution is 5.99. The van der Waals surface area contributed by atoms with E-state index in [1.54, 1.807) is 44.4 Å². The van der Waals surface area contributed by atoms with Gasteiger partial charge in [0, 0.05) is 44.5 Å². The number of carbonyl (C=O) groups is 2. The number of rotatable bonds is 6. The lowest BCUT2D eigenvalue weighted by Gasteiger charge is -2.41. The number of benzene rings is 2. The minimum absolute atomic E-state index is 0.00707. The highest BCUT2D eigenvalue weighted by Crippen LogP contribution is 2.30. The summed E-state index contributed by atoms with van der Waals surface area (Å²) in [6, 6.07) is 18.3. The Kier molecular flexibility index (Phi) is 6.96. The van der Waals surface area contributed by atoms with Crippen molar-refractivity contribution in [2.45, 2.75) is 13.0 Å². The fourth-order valence-electron chi connectivity index (χ4n) is 4.09. The molecule has 1 atom stereocenters. The van der Waals surface area contributed by atoms with Gasteiger partial charge in [-0.25, -0.2) is 4.98 Å². The van der Waals surface area contributed by atoms with E-state index in [-0.39, 0.29) is 17.9 Å². The maximum Gasteiger partial charge on any atom is 0.258 e. The molecular formula is C26H28N4O4. The molecule has 0 aliphatic carbocycles. The Bertz CT molecular complexity index is 1170. The second kappa shape index (κ2) is 10.2. The summed E-state index contributed by atoms with van der Waals surface area (Å²) in [5.74, 6) is 1.74. The van der Waals surface area contributed by atoms with Gasteiger partial charge in [0.25, 0.3) is 5.91 Å². The molecule has 0 unspecified atom stereocenters. The minimum Gasteiger partial charge on any atom is -0.497 e. The average Bonchev–Trinajstić information content (AvgIpc) is 2.88. The summed E-state index contributed by atoms with van der Waals surface area (Å²) < 4.78 is 10.6. The van der Waals surface area contributed by atoms with Crippen LogP contribution in [0.15, 0.2) is 66.9 Å². The second-order valence-corrected chi connectivity index (χ2v) is 8.01. The molecule has 8 nitrogen and oxygen atoms in total. The van der Waals surface area contributed by atoms with E-state index in [2.05, 4.69) is 10.3 Å². The average molecular weight is 461 g/mol. The van der Waals surface area contributed by atoms with Crippen molar-refractivity contribution in [2.75, 3.05) is 39.2 Å². The fraction of sp³-hybridized carbons (Fsp3) is 0.269. The van der Waals surface area contributed by atoms with Crippen LogP contribution in [0.5, 0.6) is 11.5 Å². The number of hydrogen-bond donors (Lipinski definition) is 1. The van der Waals surface area contributed by atoms with Crippen molar-refractivity contribution >= 4 is 23.3 Å². The lowest BCUT2D eigenvalue weighted by molar-refractivity contribution is -0.131. The lowest BCUT2D eigenvalue weighted by atomic mass is 10.0. The molecule has 2 aromatic carbocycles. The van der Waals surface area contributed by atoms with Crippen LogP contribution in [-0.4, -0.2) is 60.5 Å². The summed E-state index contributed by atoms with van der Waals surface area (Å²) in [7, 11) is 3.22. The first-order chi connectivity index (χ1) is 16.5. The molecule has 3 aromatic rings. The molecule has 0 saturated carbocycles. The van der Waals surface area contributed by atoms with Crippen LogP contribution in [0.4, 0.5) is 11.5 Å². The standard InChI is InChI=1S/C26H28N4O4/c1-18(31)29-14-15-30(24(17-29)19-9-11-21(33-2)12-10-19)26(32)23-8-5-13-27-25(23)28-20-6-4-7-22(16-20)34-3/h4-13,16,24H,14-15,17H2,1-3H3,(H,27,28)/t24-/m1/s1. The normalized spacial score (nSPS) is 15.6. The van der Waals surface area contributed by atoms with Gasteiger partial charge in [-0.1, -0.05) is 18.2 Å². The van der Waals surface area contributed by atoms with Crippen molar-refractivity contribution in [1.82, 2.24) is 14.8 Å². The number of nitrogens with one attached hydrogen (secondary N) is 1. The molecule has 0 spiro atoms. The fourth-order valence-corrected chi connectivity index (χ4v) is 4.09. The number of aromatic nitrogens is 1. The monoisotopic (exact) mass is 460 g/mol. The van der Waals surface area contributed by atoms with Crippen LogP contribution in [0.25, 0.3) is 0 Å². The topological polar surface area (TPSA) is 84.0 Å². The zero-order valence-corrected chi connectivity index (χ0v) is 19.5. The Balaban J connectivity index is 1.65. The van der Waals surface area contributed by atoms with Crippen LogP contribution < -0.4 is 14.8 Å². The molecule has 4 rings (SSSR count). The third-order valence-corrected chi connectivity index (χ3v) is 5.96. The number of anilines is 2. The van der Waals surface area contributed by atoms with Crippen molar-refractivity contribution in [3.8, 4) is 11.5 Å². The zero-order valence-electron chi connectivity index (χ0n) is 19.5. The van der Waals surface area contributed by atoms with Crippen molar-refractivity contribution < 1.29 is 19.1 Å². The van der Waals surface area contributed by atoms with Gasteiger partial charge in [-0.3, -0.25) is 9.59 Å². The first-order valence-electron chi connectivity index (χ1n) is 11.1. The molecule has 1 aromatic heterocycles. The van der Waals surface area contributed by atoms with E-state index in [0.717, 1.165) is 17.0 Å². The molecule has 2 amide bonds. The summed E-state index contributed by atoms with van der Waals surface area (Å²) in [5, 5.41) is 3.24. The van der Waals surface area contributed by atoms with Crippen molar-refractivity contribution in [1.29, 1.82) is 0 Å². The third kappa shape index (κ3) is 4.96. The van der Waals surface area contributed by atoms with Crippen LogP contribution in [0.1, 0.15) is 28.9 Å². The Morgan fingerprint density at radius 1 is 0.971 bits per heavy atom. The number of amides is 2. The predicted octanol–water partition coefficient (Wildman–Crippen LogP) is 3.89.